The Bertz CT molecular complexity index is 855. The van der Waals surface area contributed by atoms with Crippen molar-refractivity contribution in [3.63, 3.8) is 0 Å². The summed E-state index contributed by atoms with van der Waals surface area (Å²) in [4.78, 5) is 47.1. The molecule has 0 aliphatic heterocycles. The van der Waals surface area contributed by atoms with E-state index in [0.717, 1.165) is 11.1 Å². The largest absolute Gasteiger partial charge is 0.289 e. The number of rotatable bonds is 12. The van der Waals surface area contributed by atoms with Crippen LogP contribution in [0.2, 0.25) is 0 Å². The Morgan fingerprint density at radius 3 is 1.44 bits per heavy atom. The van der Waals surface area contributed by atoms with E-state index in [1.807, 2.05) is 48.5 Å². The molecule has 172 valence electrons. The van der Waals surface area contributed by atoms with Gasteiger partial charge in [-0.1, -0.05) is 48.5 Å². The fraction of sp³-hybridized carbons (Fsp3) is 0.400. The molecule has 32 heavy (non-hydrogen) atoms. The summed E-state index contributed by atoms with van der Waals surface area (Å²) in [5.41, 5.74) is 3.11. The maximum absolute atomic E-state index is 13.4. The van der Waals surface area contributed by atoms with Crippen LogP contribution in [-0.2, 0) is 32.1 Å². The van der Waals surface area contributed by atoms with Crippen molar-refractivity contribution in [2.75, 3.05) is 28.3 Å². The maximum Gasteiger partial charge on any atom is 0.245 e. The van der Waals surface area contributed by atoms with Crippen LogP contribution < -0.4 is 0 Å². The predicted octanol–water partition coefficient (Wildman–Crippen LogP) is 3.60. The van der Waals surface area contributed by atoms with Crippen molar-refractivity contribution < 1.29 is 24.1 Å². The molecular formula is C25H32N2O5. The normalized spacial score (nSPS) is 10.6. The highest BCUT2D eigenvalue weighted by Crippen LogP contribution is 2.21. The molecule has 0 aliphatic rings. The van der Waals surface area contributed by atoms with Crippen LogP contribution in [0.1, 0.15) is 52.7 Å². The van der Waals surface area contributed by atoms with Gasteiger partial charge >= 0.3 is 0 Å². The molecule has 0 saturated heterocycles. The topological polar surface area (TPSA) is 76.2 Å². The van der Waals surface area contributed by atoms with Crippen LogP contribution in [0.25, 0.3) is 0 Å². The Labute approximate surface area is 189 Å². The standard InChI is InChI=1S/C25H32N2O5/c1-26(31-3)23(28)17-9-13-19-11-5-7-15-21(19)25(30)22-16-8-6-12-20(22)14-10-18-24(29)27(2)32-4/h5-8,11-12,15-16H,9-10,13-14,17-18H2,1-4H3. The number of benzene rings is 2. The van der Waals surface area contributed by atoms with Crippen molar-refractivity contribution >= 4 is 17.6 Å². The van der Waals surface area contributed by atoms with Crippen LogP contribution in [-0.4, -0.2) is 56.0 Å². The number of carbonyl (C=O) groups is 3. The quantitative estimate of drug-likeness (QED) is 0.372. The average Bonchev–Trinajstić information content (AvgIpc) is 2.82. The highest BCUT2D eigenvalue weighted by Gasteiger charge is 2.17. The number of hydrogen-bond acceptors (Lipinski definition) is 5. The summed E-state index contributed by atoms with van der Waals surface area (Å²) in [6.45, 7) is 0. The first-order chi connectivity index (χ1) is 15.4. The van der Waals surface area contributed by atoms with Crippen molar-refractivity contribution in [2.45, 2.75) is 38.5 Å². The molecule has 0 unspecified atom stereocenters. The van der Waals surface area contributed by atoms with E-state index in [1.165, 1.54) is 24.3 Å². The molecular weight excluding hydrogens is 408 g/mol. The molecule has 0 atom stereocenters. The number of hydroxylamine groups is 4. The van der Waals surface area contributed by atoms with Crippen molar-refractivity contribution in [3.8, 4) is 0 Å². The van der Waals surface area contributed by atoms with Crippen LogP contribution in [0.15, 0.2) is 48.5 Å². The van der Waals surface area contributed by atoms with Gasteiger partial charge in [-0.3, -0.25) is 24.1 Å². The van der Waals surface area contributed by atoms with E-state index in [2.05, 4.69) is 0 Å². The molecule has 0 spiro atoms. The minimum atomic E-state index is -0.102. The van der Waals surface area contributed by atoms with Gasteiger partial charge in [-0.05, 0) is 36.8 Å². The molecule has 0 saturated carbocycles. The second kappa shape index (κ2) is 12.7. The van der Waals surface area contributed by atoms with E-state index in [4.69, 9.17) is 9.68 Å². The first-order valence-electron chi connectivity index (χ1n) is 10.7. The summed E-state index contributed by atoms with van der Waals surface area (Å²) in [7, 11) is 6.07. The van der Waals surface area contributed by atoms with Gasteiger partial charge in [0.2, 0.25) is 11.8 Å². The molecule has 0 fully saturated rings. The monoisotopic (exact) mass is 440 g/mol. The van der Waals surface area contributed by atoms with Gasteiger partial charge in [0.1, 0.15) is 0 Å². The van der Waals surface area contributed by atoms with Crippen LogP contribution in [0, 0.1) is 0 Å². The summed E-state index contributed by atoms with van der Waals surface area (Å²) in [6, 6.07) is 15.0. The van der Waals surface area contributed by atoms with Crippen molar-refractivity contribution in [3.05, 3.63) is 70.8 Å². The molecule has 2 aromatic rings. The number of hydrogen-bond donors (Lipinski definition) is 0. The molecule has 0 N–H and O–H groups in total. The molecule has 0 bridgehead atoms. The Morgan fingerprint density at radius 1 is 0.688 bits per heavy atom. The van der Waals surface area contributed by atoms with Crippen molar-refractivity contribution in [2.24, 2.45) is 0 Å². The summed E-state index contributed by atoms with van der Waals surface area (Å²) in [6.07, 6.45) is 3.15. The van der Waals surface area contributed by atoms with Gasteiger partial charge < -0.3 is 0 Å². The van der Waals surface area contributed by atoms with Gasteiger partial charge in [0.05, 0.1) is 14.2 Å². The Kier molecular flexibility index (Phi) is 10.0. The molecule has 2 amide bonds. The van der Waals surface area contributed by atoms with Crippen LogP contribution in [0.4, 0.5) is 0 Å². The second-order valence-corrected chi connectivity index (χ2v) is 7.50. The Hall–Kier alpha value is -3.03. The zero-order chi connectivity index (χ0) is 23.5. The summed E-state index contributed by atoms with van der Waals surface area (Å²) in [5.74, 6) is -0.248. The number of ketones is 1. The lowest BCUT2D eigenvalue weighted by Crippen LogP contribution is -2.25. The van der Waals surface area contributed by atoms with Gasteiger partial charge in [-0.2, -0.15) is 0 Å². The summed E-state index contributed by atoms with van der Waals surface area (Å²) in [5, 5.41) is 2.42. The van der Waals surface area contributed by atoms with E-state index in [9.17, 15) is 14.4 Å². The zero-order valence-electron chi connectivity index (χ0n) is 19.3. The molecule has 0 radical (unpaired) electrons. The number of nitrogens with zero attached hydrogens (tertiary/aromatic N) is 2. The highest BCUT2D eigenvalue weighted by atomic mass is 16.7. The molecule has 2 aromatic carbocycles. The van der Waals surface area contributed by atoms with Crippen LogP contribution in [0.5, 0.6) is 0 Å². The van der Waals surface area contributed by atoms with E-state index < -0.39 is 0 Å². The highest BCUT2D eigenvalue weighted by molar-refractivity contribution is 6.10. The fourth-order valence-electron chi connectivity index (χ4n) is 3.44. The van der Waals surface area contributed by atoms with E-state index >= 15 is 0 Å². The summed E-state index contributed by atoms with van der Waals surface area (Å²) >= 11 is 0. The van der Waals surface area contributed by atoms with Gasteiger partial charge in [0.15, 0.2) is 5.78 Å². The maximum atomic E-state index is 13.4. The second-order valence-electron chi connectivity index (χ2n) is 7.50. The smallest absolute Gasteiger partial charge is 0.245 e. The average molecular weight is 441 g/mol. The minimum Gasteiger partial charge on any atom is -0.289 e. The molecule has 2 rings (SSSR count). The predicted molar refractivity (Wildman–Crippen MR) is 122 cm³/mol. The molecule has 7 nitrogen and oxygen atoms in total. The van der Waals surface area contributed by atoms with E-state index in [-0.39, 0.29) is 17.6 Å². The lowest BCUT2D eigenvalue weighted by Gasteiger charge is -2.15. The first kappa shape index (κ1) is 25.2. The van der Waals surface area contributed by atoms with E-state index in [0.29, 0.717) is 49.7 Å². The van der Waals surface area contributed by atoms with Crippen LogP contribution >= 0.6 is 0 Å². The lowest BCUT2D eigenvalue weighted by atomic mass is 9.91. The first-order valence-corrected chi connectivity index (χ1v) is 10.7. The van der Waals surface area contributed by atoms with Gasteiger partial charge in [-0.25, -0.2) is 10.1 Å². The molecule has 0 aromatic heterocycles. The van der Waals surface area contributed by atoms with Crippen molar-refractivity contribution in [1.82, 2.24) is 10.1 Å². The number of aryl methyl sites for hydroxylation is 2. The molecule has 7 heteroatoms. The number of amides is 2. The molecule has 0 heterocycles. The van der Waals surface area contributed by atoms with Crippen molar-refractivity contribution in [1.29, 1.82) is 0 Å². The van der Waals surface area contributed by atoms with Gasteiger partial charge in [-0.15, -0.1) is 0 Å². The third kappa shape index (κ3) is 7.00. The number of carbonyl (C=O) groups excluding carboxylic acids is 3. The fourth-order valence-corrected chi connectivity index (χ4v) is 3.44. The summed E-state index contributed by atoms with van der Waals surface area (Å²) < 4.78 is 0. The Morgan fingerprint density at radius 2 is 1.06 bits per heavy atom. The van der Waals surface area contributed by atoms with Crippen LogP contribution in [0.3, 0.4) is 0 Å². The van der Waals surface area contributed by atoms with E-state index in [1.54, 1.807) is 14.1 Å². The lowest BCUT2D eigenvalue weighted by molar-refractivity contribution is -0.169. The van der Waals surface area contributed by atoms with Gasteiger partial charge in [0.25, 0.3) is 0 Å². The SMILES string of the molecule is CON(C)C(=O)CCCc1ccccc1C(=O)c1ccccc1CCCC(=O)N(C)OC. The third-order valence-electron chi connectivity index (χ3n) is 5.45. The molecule has 0 aliphatic carbocycles. The zero-order valence-corrected chi connectivity index (χ0v) is 19.3. The minimum absolute atomic E-state index is 0.0446. The third-order valence-corrected chi connectivity index (χ3v) is 5.45. The Balaban J connectivity index is 2.10. The van der Waals surface area contributed by atoms with Gasteiger partial charge in [0, 0.05) is 38.1 Å².